The summed E-state index contributed by atoms with van der Waals surface area (Å²) >= 11 is 6.00. The van der Waals surface area contributed by atoms with E-state index in [4.69, 9.17) is 11.6 Å². The van der Waals surface area contributed by atoms with Gasteiger partial charge in [-0.3, -0.25) is 4.79 Å². The maximum absolute atomic E-state index is 14.2. The van der Waals surface area contributed by atoms with Gasteiger partial charge in [-0.1, -0.05) is 11.6 Å². The first-order chi connectivity index (χ1) is 16.7. The summed E-state index contributed by atoms with van der Waals surface area (Å²) in [7, 11) is -4.10. The molecule has 0 radical (unpaired) electrons. The molecular weight excluding hydrogens is 494 g/mol. The van der Waals surface area contributed by atoms with Gasteiger partial charge in [0.05, 0.1) is 16.4 Å². The molecule has 0 bridgehead atoms. The molecule has 2 aromatic rings. The Morgan fingerprint density at radius 3 is 2.14 bits per heavy atom. The Hall–Kier alpha value is -2.03. The standard InChI is InChI=1S/C26H29ClF2N2O3S/c27-19-7-9-22(10-8-19)35(33,34)31-23(18-15-20(28)17-21(29)16-18)5-4-6-24(31)26(11-12-26)25(32)30-13-2-1-3-14-30/h7-10,15-17,23-24H,1-6,11-14H2/t23-,24+/m0/s1. The van der Waals surface area contributed by atoms with Crippen LogP contribution >= 0.6 is 11.6 Å². The number of carbonyl (C=O) groups is 1. The second-order valence-corrected chi connectivity index (χ2v) is 12.2. The zero-order chi connectivity index (χ0) is 24.8. The van der Waals surface area contributed by atoms with Gasteiger partial charge in [0.25, 0.3) is 0 Å². The van der Waals surface area contributed by atoms with Gasteiger partial charge in [-0.25, -0.2) is 17.2 Å². The maximum Gasteiger partial charge on any atom is 0.243 e. The highest BCUT2D eigenvalue weighted by atomic mass is 35.5. The minimum atomic E-state index is -4.10. The molecule has 5 rings (SSSR count). The lowest BCUT2D eigenvalue weighted by atomic mass is 9.83. The third-order valence-corrected chi connectivity index (χ3v) is 9.91. The van der Waals surface area contributed by atoms with E-state index in [0.29, 0.717) is 50.2 Å². The third kappa shape index (κ3) is 4.60. The predicted molar refractivity (Wildman–Crippen MR) is 129 cm³/mol. The summed E-state index contributed by atoms with van der Waals surface area (Å²) in [6, 6.07) is 7.74. The number of hydrogen-bond donors (Lipinski definition) is 0. The highest BCUT2D eigenvalue weighted by Crippen LogP contribution is 2.57. The van der Waals surface area contributed by atoms with Crippen molar-refractivity contribution < 1.29 is 22.0 Å². The second kappa shape index (κ2) is 9.45. The van der Waals surface area contributed by atoms with Crippen LogP contribution in [-0.2, 0) is 14.8 Å². The second-order valence-electron chi connectivity index (χ2n) is 9.96. The first kappa shape index (κ1) is 24.7. The number of benzene rings is 2. The molecule has 0 spiro atoms. The van der Waals surface area contributed by atoms with Gasteiger partial charge in [-0.05, 0) is 93.3 Å². The molecule has 3 aliphatic rings. The van der Waals surface area contributed by atoms with Crippen molar-refractivity contribution >= 4 is 27.5 Å². The van der Waals surface area contributed by atoms with E-state index in [0.717, 1.165) is 25.3 Å². The maximum atomic E-state index is 14.2. The zero-order valence-electron chi connectivity index (χ0n) is 19.4. The van der Waals surface area contributed by atoms with Crippen LogP contribution in [0.5, 0.6) is 0 Å². The summed E-state index contributed by atoms with van der Waals surface area (Å²) in [5, 5.41) is 0.404. The zero-order valence-corrected chi connectivity index (χ0v) is 21.0. The fraction of sp³-hybridized carbons (Fsp3) is 0.500. The SMILES string of the molecule is O=C(N1CCCCC1)C1([C@H]2CCC[C@@H](c3cc(F)cc(F)c3)N2S(=O)(=O)c2ccc(Cl)cc2)CC1. The fourth-order valence-electron chi connectivity index (χ4n) is 5.88. The molecule has 9 heteroatoms. The van der Waals surface area contributed by atoms with Gasteiger partial charge in [0.2, 0.25) is 15.9 Å². The largest absolute Gasteiger partial charge is 0.342 e. The van der Waals surface area contributed by atoms with E-state index in [9.17, 15) is 22.0 Å². The molecular formula is C26H29ClF2N2O3S. The monoisotopic (exact) mass is 522 g/mol. The average molecular weight is 523 g/mol. The molecule has 35 heavy (non-hydrogen) atoms. The van der Waals surface area contributed by atoms with Gasteiger partial charge in [0.15, 0.2) is 0 Å². The van der Waals surface area contributed by atoms with Crippen molar-refractivity contribution in [3.63, 3.8) is 0 Å². The normalized spacial score (nSPS) is 24.8. The van der Waals surface area contributed by atoms with Crippen LogP contribution in [0.1, 0.15) is 63.0 Å². The van der Waals surface area contributed by atoms with Crippen LogP contribution in [0.2, 0.25) is 5.02 Å². The number of halogens is 3. The number of carbonyl (C=O) groups excluding carboxylic acids is 1. The van der Waals surface area contributed by atoms with Gasteiger partial charge in [0.1, 0.15) is 11.6 Å². The quantitative estimate of drug-likeness (QED) is 0.506. The molecule has 0 aromatic heterocycles. The lowest BCUT2D eigenvalue weighted by Crippen LogP contribution is -2.55. The molecule has 1 saturated carbocycles. The van der Waals surface area contributed by atoms with Crippen molar-refractivity contribution in [3.05, 3.63) is 64.7 Å². The smallest absolute Gasteiger partial charge is 0.243 e. The topological polar surface area (TPSA) is 57.7 Å². The Labute approximate surface area is 210 Å². The van der Waals surface area contributed by atoms with Crippen LogP contribution in [0.3, 0.4) is 0 Å². The van der Waals surface area contributed by atoms with Crippen molar-refractivity contribution in [3.8, 4) is 0 Å². The van der Waals surface area contributed by atoms with Gasteiger partial charge in [-0.2, -0.15) is 4.31 Å². The van der Waals surface area contributed by atoms with Crippen LogP contribution < -0.4 is 0 Å². The van der Waals surface area contributed by atoms with E-state index in [1.54, 1.807) is 0 Å². The molecule has 2 saturated heterocycles. The Bertz CT molecular complexity index is 1190. The van der Waals surface area contributed by atoms with Crippen LogP contribution in [-0.4, -0.2) is 42.7 Å². The van der Waals surface area contributed by atoms with E-state index >= 15 is 0 Å². The van der Waals surface area contributed by atoms with Crippen molar-refractivity contribution in [2.24, 2.45) is 5.41 Å². The number of nitrogens with zero attached hydrogens (tertiary/aromatic N) is 2. The number of likely N-dealkylation sites (tertiary alicyclic amines) is 1. The fourth-order valence-corrected chi connectivity index (χ4v) is 7.93. The molecule has 0 unspecified atom stereocenters. The number of rotatable bonds is 5. The minimum Gasteiger partial charge on any atom is -0.342 e. The van der Waals surface area contributed by atoms with Crippen molar-refractivity contribution in [1.82, 2.24) is 9.21 Å². The van der Waals surface area contributed by atoms with Crippen LogP contribution in [0.15, 0.2) is 47.4 Å². The highest BCUT2D eigenvalue weighted by Gasteiger charge is 2.62. The van der Waals surface area contributed by atoms with Crippen LogP contribution in [0.4, 0.5) is 8.78 Å². The molecule has 3 fully saturated rings. The molecule has 1 aliphatic carbocycles. The summed E-state index contributed by atoms with van der Waals surface area (Å²) in [4.78, 5) is 15.7. The van der Waals surface area contributed by atoms with Crippen molar-refractivity contribution in [2.75, 3.05) is 13.1 Å². The molecule has 0 N–H and O–H groups in total. The summed E-state index contributed by atoms with van der Waals surface area (Å²) in [6.45, 7) is 1.38. The number of sulfonamides is 1. The summed E-state index contributed by atoms with van der Waals surface area (Å²) in [5.41, 5.74) is -0.521. The molecule has 5 nitrogen and oxygen atoms in total. The number of hydrogen-bond acceptors (Lipinski definition) is 3. The summed E-state index contributed by atoms with van der Waals surface area (Å²) in [5.74, 6) is -1.49. The van der Waals surface area contributed by atoms with Gasteiger partial charge in [-0.15, -0.1) is 0 Å². The predicted octanol–water partition coefficient (Wildman–Crippen LogP) is 5.70. The molecule has 188 valence electrons. The average Bonchev–Trinajstić information content (AvgIpc) is 3.65. The van der Waals surface area contributed by atoms with Crippen LogP contribution in [0.25, 0.3) is 0 Å². The Morgan fingerprint density at radius 1 is 0.914 bits per heavy atom. The molecule has 1 amide bonds. The lowest BCUT2D eigenvalue weighted by molar-refractivity contribution is -0.141. The number of amides is 1. The molecule has 2 heterocycles. The first-order valence-electron chi connectivity index (χ1n) is 12.3. The third-order valence-electron chi connectivity index (χ3n) is 7.72. The Balaban J connectivity index is 1.60. The molecule has 2 aromatic carbocycles. The van der Waals surface area contributed by atoms with Gasteiger partial charge >= 0.3 is 0 Å². The van der Waals surface area contributed by atoms with Crippen molar-refractivity contribution in [1.29, 1.82) is 0 Å². The molecule has 2 atom stereocenters. The van der Waals surface area contributed by atoms with Crippen molar-refractivity contribution in [2.45, 2.75) is 68.3 Å². The minimum absolute atomic E-state index is 0.0181. The Morgan fingerprint density at radius 2 is 1.54 bits per heavy atom. The first-order valence-corrected chi connectivity index (χ1v) is 14.1. The summed E-state index contributed by atoms with van der Waals surface area (Å²) in [6.07, 6.45) is 5.82. The van der Waals surface area contributed by atoms with Crippen LogP contribution in [0, 0.1) is 17.0 Å². The summed E-state index contributed by atoms with van der Waals surface area (Å²) < 4.78 is 58.0. The molecule has 2 aliphatic heterocycles. The van der Waals surface area contributed by atoms with Gasteiger partial charge < -0.3 is 4.90 Å². The Kier molecular flexibility index (Phi) is 6.66. The van der Waals surface area contributed by atoms with E-state index in [2.05, 4.69) is 0 Å². The van der Waals surface area contributed by atoms with E-state index in [-0.39, 0.29) is 16.4 Å². The highest BCUT2D eigenvalue weighted by molar-refractivity contribution is 7.89. The van der Waals surface area contributed by atoms with E-state index in [1.807, 2.05) is 4.90 Å². The van der Waals surface area contributed by atoms with E-state index in [1.165, 1.54) is 40.7 Å². The number of piperidine rings is 2. The van der Waals surface area contributed by atoms with E-state index < -0.39 is 39.2 Å². The van der Waals surface area contributed by atoms with Gasteiger partial charge in [0, 0.05) is 30.2 Å². The lowest BCUT2D eigenvalue weighted by Gasteiger charge is -2.45.